The molecule has 0 aliphatic carbocycles. The third-order valence-electron chi connectivity index (χ3n) is 4.58. The number of hydrogen-bond donors (Lipinski definition) is 4. The topological polar surface area (TPSA) is 108 Å². The highest BCUT2D eigenvalue weighted by Crippen LogP contribution is 2.35. The van der Waals surface area contributed by atoms with Crippen molar-refractivity contribution < 1.29 is 14.7 Å². The Morgan fingerprint density at radius 2 is 2.00 bits per heavy atom. The van der Waals surface area contributed by atoms with E-state index >= 15 is 0 Å². The molecule has 0 bridgehead atoms. The molecular weight excluding hydrogens is 398 g/mol. The molecule has 7 heteroatoms. The number of hydrogen-bond acceptors (Lipinski definition) is 3. The van der Waals surface area contributed by atoms with Crippen LogP contribution in [0.15, 0.2) is 34.8 Å². The Bertz CT molecular complexity index is 1020. The van der Waals surface area contributed by atoms with Crippen molar-refractivity contribution in [2.75, 3.05) is 11.9 Å². The summed E-state index contributed by atoms with van der Waals surface area (Å²) in [7, 11) is 0. The minimum atomic E-state index is -0.674. The van der Waals surface area contributed by atoms with Gasteiger partial charge in [0, 0.05) is 38.5 Å². The number of amides is 2. The van der Waals surface area contributed by atoms with Crippen molar-refractivity contribution >= 4 is 55.2 Å². The van der Waals surface area contributed by atoms with E-state index in [-0.39, 0.29) is 12.5 Å². The number of primary amides is 1. The van der Waals surface area contributed by atoms with E-state index in [4.69, 9.17) is 10.8 Å². The summed E-state index contributed by atoms with van der Waals surface area (Å²) < 4.78 is 0.851. The van der Waals surface area contributed by atoms with Crippen LogP contribution in [0, 0.1) is 5.41 Å². The summed E-state index contributed by atoms with van der Waals surface area (Å²) in [5.74, 6) is -0.672. The fourth-order valence-corrected chi connectivity index (χ4v) is 3.49. The molecule has 6 nitrogen and oxygen atoms in total. The number of halogens is 1. The number of nitrogens with two attached hydrogens (primary N) is 1. The number of carbonyl (C=O) groups is 2. The van der Waals surface area contributed by atoms with Gasteiger partial charge in [0.15, 0.2) is 0 Å². The SMILES string of the molecule is CC(C)(CCO)C(=O)Nc1ccc2c(c1)[nH]c1c(C(N)=O)ccc(Br)c12. The maximum atomic E-state index is 12.4. The van der Waals surface area contributed by atoms with E-state index in [0.29, 0.717) is 23.2 Å². The molecule has 0 saturated carbocycles. The first kappa shape index (κ1) is 18.4. The Morgan fingerprint density at radius 1 is 1.27 bits per heavy atom. The minimum Gasteiger partial charge on any atom is -0.396 e. The molecule has 0 spiro atoms. The second-order valence-electron chi connectivity index (χ2n) is 6.91. The Morgan fingerprint density at radius 3 is 2.65 bits per heavy atom. The molecule has 0 aliphatic rings. The third kappa shape index (κ3) is 3.20. The van der Waals surface area contributed by atoms with Gasteiger partial charge in [-0.25, -0.2) is 0 Å². The quantitative estimate of drug-likeness (QED) is 0.509. The van der Waals surface area contributed by atoms with Crippen LogP contribution in [0.1, 0.15) is 30.6 Å². The van der Waals surface area contributed by atoms with Crippen molar-refractivity contribution in [2.45, 2.75) is 20.3 Å². The predicted molar refractivity (Wildman–Crippen MR) is 106 cm³/mol. The maximum Gasteiger partial charge on any atom is 0.250 e. The van der Waals surface area contributed by atoms with Crippen LogP contribution in [-0.4, -0.2) is 28.5 Å². The molecule has 0 unspecified atom stereocenters. The minimum absolute atomic E-state index is 0.0502. The number of aromatic amines is 1. The smallest absolute Gasteiger partial charge is 0.250 e. The van der Waals surface area contributed by atoms with Crippen LogP contribution in [0.25, 0.3) is 21.8 Å². The largest absolute Gasteiger partial charge is 0.396 e. The summed E-state index contributed by atoms with van der Waals surface area (Å²) in [6.07, 6.45) is 0.377. The lowest BCUT2D eigenvalue weighted by molar-refractivity contribution is -0.124. The van der Waals surface area contributed by atoms with E-state index in [1.54, 1.807) is 26.0 Å². The van der Waals surface area contributed by atoms with Crippen LogP contribution >= 0.6 is 15.9 Å². The van der Waals surface area contributed by atoms with Crippen molar-refractivity contribution in [3.63, 3.8) is 0 Å². The third-order valence-corrected chi connectivity index (χ3v) is 5.24. The number of carbonyl (C=O) groups excluding carboxylic acids is 2. The zero-order valence-electron chi connectivity index (χ0n) is 14.5. The normalized spacial score (nSPS) is 11.8. The average molecular weight is 418 g/mol. The summed E-state index contributed by atoms with van der Waals surface area (Å²) in [5.41, 5.74) is 7.29. The Balaban J connectivity index is 2.06. The Hall–Kier alpha value is -2.38. The molecule has 26 heavy (non-hydrogen) atoms. The number of fused-ring (bicyclic) bond motifs is 3. The van der Waals surface area contributed by atoms with Crippen LogP contribution in [0.4, 0.5) is 5.69 Å². The zero-order valence-corrected chi connectivity index (χ0v) is 16.1. The Kier molecular flexibility index (Phi) is 4.77. The summed E-state index contributed by atoms with van der Waals surface area (Å²) in [4.78, 5) is 27.3. The molecule has 1 heterocycles. The molecule has 0 saturated heterocycles. The van der Waals surface area contributed by atoms with E-state index in [2.05, 4.69) is 26.2 Å². The lowest BCUT2D eigenvalue weighted by Crippen LogP contribution is -2.31. The second kappa shape index (κ2) is 6.74. The van der Waals surface area contributed by atoms with Gasteiger partial charge < -0.3 is 21.1 Å². The molecule has 0 aliphatic heterocycles. The standard InChI is InChI=1S/C19H20BrN3O3/c1-19(2,7-8-24)18(26)22-10-3-4-11-14(9-10)23-16-12(17(21)25)5-6-13(20)15(11)16/h3-6,9,23-24H,7-8H2,1-2H3,(H2,21,25)(H,22,26). The molecule has 3 rings (SSSR count). The molecule has 3 aromatic rings. The number of H-pyrrole nitrogens is 1. The van der Waals surface area contributed by atoms with Gasteiger partial charge in [-0.2, -0.15) is 0 Å². The van der Waals surface area contributed by atoms with Crippen LogP contribution in [0.3, 0.4) is 0 Å². The molecule has 1 aromatic heterocycles. The first-order chi connectivity index (χ1) is 12.2. The van der Waals surface area contributed by atoms with Crippen molar-refractivity contribution in [1.29, 1.82) is 0 Å². The van der Waals surface area contributed by atoms with Crippen LogP contribution in [0.5, 0.6) is 0 Å². The van der Waals surface area contributed by atoms with Gasteiger partial charge in [-0.05, 0) is 30.7 Å². The van der Waals surface area contributed by atoms with E-state index in [1.165, 1.54) is 0 Å². The molecule has 136 valence electrons. The van der Waals surface area contributed by atoms with Crippen molar-refractivity contribution in [3.8, 4) is 0 Å². The molecule has 0 atom stereocenters. The van der Waals surface area contributed by atoms with Crippen LogP contribution in [0.2, 0.25) is 0 Å². The van der Waals surface area contributed by atoms with Gasteiger partial charge in [0.05, 0.1) is 11.1 Å². The fraction of sp³-hybridized carbons (Fsp3) is 0.263. The molecule has 0 fully saturated rings. The highest BCUT2D eigenvalue weighted by atomic mass is 79.9. The lowest BCUT2D eigenvalue weighted by atomic mass is 9.88. The maximum absolute atomic E-state index is 12.4. The first-order valence-corrected chi connectivity index (χ1v) is 9.00. The van der Waals surface area contributed by atoms with E-state index < -0.39 is 11.3 Å². The van der Waals surface area contributed by atoms with Gasteiger partial charge in [0.2, 0.25) is 5.91 Å². The number of aromatic nitrogens is 1. The molecule has 2 amide bonds. The molecular formula is C19H20BrN3O3. The van der Waals surface area contributed by atoms with Gasteiger partial charge in [-0.15, -0.1) is 0 Å². The monoisotopic (exact) mass is 417 g/mol. The molecule has 2 aromatic carbocycles. The summed E-state index contributed by atoms with van der Waals surface area (Å²) in [6, 6.07) is 8.98. The summed E-state index contributed by atoms with van der Waals surface area (Å²) >= 11 is 3.52. The number of aliphatic hydroxyl groups excluding tert-OH is 1. The molecule has 5 N–H and O–H groups in total. The average Bonchev–Trinajstić information content (AvgIpc) is 2.93. The van der Waals surface area contributed by atoms with E-state index in [1.807, 2.05) is 18.2 Å². The highest BCUT2D eigenvalue weighted by molar-refractivity contribution is 9.10. The van der Waals surface area contributed by atoms with Gasteiger partial charge in [0.1, 0.15) is 0 Å². The van der Waals surface area contributed by atoms with E-state index in [9.17, 15) is 9.59 Å². The zero-order chi connectivity index (χ0) is 19.1. The van der Waals surface area contributed by atoms with Gasteiger partial charge in [0.25, 0.3) is 5.91 Å². The lowest BCUT2D eigenvalue weighted by Gasteiger charge is -2.22. The number of nitrogens with one attached hydrogen (secondary N) is 2. The number of anilines is 1. The fourth-order valence-electron chi connectivity index (χ4n) is 2.95. The van der Waals surface area contributed by atoms with Gasteiger partial charge in [-0.3, -0.25) is 9.59 Å². The van der Waals surface area contributed by atoms with Crippen LogP contribution < -0.4 is 11.1 Å². The number of rotatable bonds is 5. The van der Waals surface area contributed by atoms with Crippen molar-refractivity contribution in [1.82, 2.24) is 4.98 Å². The number of aliphatic hydroxyl groups is 1. The Labute approximate surface area is 158 Å². The summed E-state index contributed by atoms with van der Waals surface area (Å²) in [5, 5.41) is 13.8. The van der Waals surface area contributed by atoms with E-state index in [0.717, 1.165) is 20.8 Å². The van der Waals surface area contributed by atoms with Crippen molar-refractivity contribution in [2.24, 2.45) is 11.1 Å². The first-order valence-electron chi connectivity index (χ1n) is 8.20. The molecule has 0 radical (unpaired) electrons. The number of benzene rings is 2. The van der Waals surface area contributed by atoms with Gasteiger partial charge >= 0.3 is 0 Å². The van der Waals surface area contributed by atoms with Gasteiger partial charge in [-0.1, -0.05) is 35.8 Å². The van der Waals surface area contributed by atoms with Crippen molar-refractivity contribution in [3.05, 3.63) is 40.4 Å². The summed E-state index contributed by atoms with van der Waals surface area (Å²) in [6.45, 7) is 3.53. The highest BCUT2D eigenvalue weighted by Gasteiger charge is 2.27. The second-order valence-corrected chi connectivity index (χ2v) is 7.76. The van der Waals surface area contributed by atoms with Crippen LogP contribution in [-0.2, 0) is 4.79 Å². The predicted octanol–water partition coefficient (Wildman–Crippen LogP) is 3.53.